The lowest BCUT2D eigenvalue weighted by Crippen LogP contribution is -1.81. The molecule has 31 heavy (non-hydrogen) atoms. The number of nitrogens with zero attached hydrogens (tertiary/aromatic N) is 4. The van der Waals surface area contributed by atoms with Crippen molar-refractivity contribution in [2.75, 3.05) is 0 Å². The predicted octanol–water partition coefficient (Wildman–Crippen LogP) is 8.61. The van der Waals surface area contributed by atoms with E-state index in [1.165, 1.54) is 5.56 Å². The predicted molar refractivity (Wildman–Crippen MR) is 126 cm³/mol. The molecule has 4 rings (SSSR count). The number of azo groups is 2. The van der Waals surface area contributed by atoms with Crippen molar-refractivity contribution in [3.8, 4) is 5.75 Å². The molecule has 0 heterocycles. The Morgan fingerprint density at radius 1 is 0.581 bits per heavy atom. The molecule has 0 aliphatic heterocycles. The Hall–Kier alpha value is -3.86. The van der Waals surface area contributed by atoms with Crippen LogP contribution in [0.2, 0.25) is 0 Å². The monoisotopic (exact) mass is 408 g/mol. The zero-order valence-corrected chi connectivity index (χ0v) is 18.1. The van der Waals surface area contributed by atoms with Crippen LogP contribution in [-0.4, -0.2) is 5.11 Å². The molecule has 4 aromatic carbocycles. The van der Waals surface area contributed by atoms with Crippen molar-refractivity contribution in [1.29, 1.82) is 0 Å². The van der Waals surface area contributed by atoms with Crippen LogP contribution in [0, 0.1) is 27.7 Å². The topological polar surface area (TPSA) is 69.7 Å². The highest BCUT2D eigenvalue weighted by molar-refractivity contribution is 5.95. The SMILES string of the molecule is Cc1cc(N=Nc2c(O)ccc3ccccc23)c(C)cc1N=Nc1cccc(C)c1C. The van der Waals surface area contributed by atoms with Crippen molar-refractivity contribution in [1.82, 2.24) is 0 Å². The fourth-order valence-electron chi connectivity index (χ4n) is 3.41. The summed E-state index contributed by atoms with van der Waals surface area (Å²) in [5, 5.41) is 29.9. The van der Waals surface area contributed by atoms with Gasteiger partial charge < -0.3 is 5.11 Å². The third-order valence-corrected chi connectivity index (χ3v) is 5.49. The highest BCUT2D eigenvalue weighted by atomic mass is 16.3. The second-order valence-electron chi connectivity index (χ2n) is 7.70. The Kier molecular flexibility index (Phi) is 5.58. The van der Waals surface area contributed by atoms with E-state index in [1.54, 1.807) is 6.07 Å². The van der Waals surface area contributed by atoms with Crippen molar-refractivity contribution >= 4 is 33.5 Å². The third kappa shape index (κ3) is 4.21. The van der Waals surface area contributed by atoms with E-state index in [9.17, 15) is 5.11 Å². The fourth-order valence-corrected chi connectivity index (χ4v) is 3.41. The van der Waals surface area contributed by atoms with Crippen LogP contribution in [0.1, 0.15) is 22.3 Å². The van der Waals surface area contributed by atoms with Crippen LogP contribution in [0.25, 0.3) is 10.8 Å². The lowest BCUT2D eigenvalue weighted by molar-refractivity contribution is 0.477. The van der Waals surface area contributed by atoms with Crippen LogP contribution < -0.4 is 0 Å². The van der Waals surface area contributed by atoms with E-state index >= 15 is 0 Å². The summed E-state index contributed by atoms with van der Waals surface area (Å²) >= 11 is 0. The smallest absolute Gasteiger partial charge is 0.143 e. The van der Waals surface area contributed by atoms with E-state index in [0.717, 1.165) is 44.5 Å². The lowest BCUT2D eigenvalue weighted by atomic mass is 10.1. The molecule has 0 saturated carbocycles. The molecule has 0 bridgehead atoms. The number of aromatic hydroxyl groups is 1. The number of phenols is 1. The fraction of sp³-hybridized carbons (Fsp3) is 0.154. The number of rotatable bonds is 4. The largest absolute Gasteiger partial charge is 0.506 e. The summed E-state index contributed by atoms with van der Waals surface area (Å²) in [5.41, 5.74) is 7.07. The van der Waals surface area contributed by atoms with Gasteiger partial charge in [0, 0.05) is 5.39 Å². The summed E-state index contributed by atoms with van der Waals surface area (Å²) in [5.74, 6) is 0.107. The van der Waals surface area contributed by atoms with E-state index in [2.05, 4.69) is 33.4 Å². The molecule has 0 spiro atoms. The molecule has 4 aromatic rings. The summed E-state index contributed by atoms with van der Waals surface area (Å²) in [6.07, 6.45) is 0. The van der Waals surface area contributed by atoms with Crippen LogP contribution in [-0.2, 0) is 0 Å². The van der Waals surface area contributed by atoms with Gasteiger partial charge in [0.05, 0.1) is 17.1 Å². The van der Waals surface area contributed by atoms with Crippen LogP contribution in [0.3, 0.4) is 0 Å². The zero-order valence-electron chi connectivity index (χ0n) is 18.1. The molecule has 0 aliphatic carbocycles. The highest BCUT2D eigenvalue weighted by Crippen LogP contribution is 2.37. The molecule has 0 saturated heterocycles. The Morgan fingerprint density at radius 3 is 1.97 bits per heavy atom. The van der Waals surface area contributed by atoms with Gasteiger partial charge in [-0.15, -0.1) is 5.11 Å². The maximum Gasteiger partial charge on any atom is 0.143 e. The van der Waals surface area contributed by atoms with Gasteiger partial charge in [0.1, 0.15) is 11.4 Å². The van der Waals surface area contributed by atoms with Gasteiger partial charge in [-0.05, 0) is 79.6 Å². The number of benzene rings is 4. The van der Waals surface area contributed by atoms with E-state index in [-0.39, 0.29) is 5.75 Å². The lowest BCUT2D eigenvalue weighted by Gasteiger charge is -2.07. The molecule has 154 valence electrons. The van der Waals surface area contributed by atoms with E-state index in [4.69, 9.17) is 0 Å². The molecular weight excluding hydrogens is 384 g/mol. The molecule has 0 fully saturated rings. The second kappa shape index (κ2) is 8.48. The highest BCUT2D eigenvalue weighted by Gasteiger charge is 2.08. The molecule has 0 aromatic heterocycles. The quantitative estimate of drug-likeness (QED) is 0.337. The zero-order chi connectivity index (χ0) is 22.0. The number of hydrogen-bond acceptors (Lipinski definition) is 5. The van der Waals surface area contributed by atoms with Crippen LogP contribution in [0.15, 0.2) is 87.2 Å². The molecule has 0 atom stereocenters. The maximum atomic E-state index is 10.3. The first-order valence-corrected chi connectivity index (χ1v) is 10.2. The minimum atomic E-state index is 0.107. The van der Waals surface area contributed by atoms with Crippen molar-refractivity contribution < 1.29 is 5.11 Å². The summed E-state index contributed by atoms with van der Waals surface area (Å²) in [4.78, 5) is 0. The summed E-state index contributed by atoms with van der Waals surface area (Å²) in [7, 11) is 0. The summed E-state index contributed by atoms with van der Waals surface area (Å²) in [6, 6.07) is 21.2. The number of fused-ring (bicyclic) bond motifs is 1. The molecule has 0 radical (unpaired) electrons. The average Bonchev–Trinajstić information content (AvgIpc) is 2.76. The Morgan fingerprint density at radius 2 is 1.23 bits per heavy atom. The molecule has 5 heteroatoms. The average molecular weight is 409 g/mol. The van der Waals surface area contributed by atoms with Gasteiger partial charge in [-0.2, -0.15) is 15.3 Å². The maximum absolute atomic E-state index is 10.3. The van der Waals surface area contributed by atoms with E-state index in [1.807, 2.05) is 75.4 Å². The molecule has 0 unspecified atom stereocenters. The molecule has 1 N–H and O–H groups in total. The van der Waals surface area contributed by atoms with Gasteiger partial charge in [-0.25, -0.2) is 0 Å². The Bertz CT molecular complexity index is 1340. The molecule has 5 nitrogen and oxygen atoms in total. The van der Waals surface area contributed by atoms with Crippen molar-refractivity contribution in [3.63, 3.8) is 0 Å². The van der Waals surface area contributed by atoms with E-state index < -0.39 is 0 Å². The molecular formula is C26H24N4O. The van der Waals surface area contributed by atoms with Gasteiger partial charge in [0.15, 0.2) is 0 Å². The summed E-state index contributed by atoms with van der Waals surface area (Å²) in [6.45, 7) is 8.06. The minimum Gasteiger partial charge on any atom is -0.506 e. The van der Waals surface area contributed by atoms with Crippen molar-refractivity contribution in [2.24, 2.45) is 20.5 Å². The van der Waals surface area contributed by atoms with Gasteiger partial charge in [0.2, 0.25) is 0 Å². The third-order valence-electron chi connectivity index (χ3n) is 5.49. The molecule has 0 aliphatic rings. The summed E-state index contributed by atoms with van der Waals surface area (Å²) < 4.78 is 0. The van der Waals surface area contributed by atoms with Gasteiger partial charge in [-0.3, -0.25) is 0 Å². The Labute approximate surface area is 181 Å². The first kappa shape index (κ1) is 20.4. The normalized spacial score (nSPS) is 11.7. The number of aryl methyl sites for hydroxylation is 3. The van der Waals surface area contributed by atoms with Gasteiger partial charge in [0.25, 0.3) is 0 Å². The molecule has 0 amide bonds. The van der Waals surface area contributed by atoms with E-state index in [0.29, 0.717) is 5.69 Å². The van der Waals surface area contributed by atoms with Crippen LogP contribution in [0.5, 0.6) is 5.75 Å². The Balaban J connectivity index is 1.66. The van der Waals surface area contributed by atoms with Crippen LogP contribution >= 0.6 is 0 Å². The number of hydrogen-bond donors (Lipinski definition) is 1. The van der Waals surface area contributed by atoms with Gasteiger partial charge in [-0.1, -0.05) is 42.5 Å². The first-order valence-electron chi connectivity index (χ1n) is 10.2. The van der Waals surface area contributed by atoms with Crippen LogP contribution in [0.4, 0.5) is 22.7 Å². The first-order chi connectivity index (χ1) is 14.9. The second-order valence-corrected chi connectivity index (χ2v) is 7.70. The minimum absolute atomic E-state index is 0.107. The number of phenolic OH excluding ortho intramolecular Hbond substituents is 1. The van der Waals surface area contributed by atoms with Crippen molar-refractivity contribution in [2.45, 2.75) is 27.7 Å². The van der Waals surface area contributed by atoms with Crippen molar-refractivity contribution in [3.05, 3.63) is 89.0 Å². The van der Waals surface area contributed by atoms with Gasteiger partial charge >= 0.3 is 0 Å². The standard InChI is InChI=1S/C26H24N4O/c1-16-8-7-11-22(19(16)4)27-28-23-14-18(3)24(15-17(23)2)29-30-26-21-10-6-5-9-20(21)12-13-25(26)31/h5-15,31H,1-4H3.